The number of amides is 1. The lowest BCUT2D eigenvalue weighted by molar-refractivity contribution is 0.102. The van der Waals surface area contributed by atoms with Crippen molar-refractivity contribution in [3.8, 4) is 17.2 Å². The fourth-order valence-electron chi connectivity index (χ4n) is 3.34. The molecule has 3 aromatic rings. The van der Waals surface area contributed by atoms with Gasteiger partial charge in [0.25, 0.3) is 5.91 Å². The highest BCUT2D eigenvalue weighted by Gasteiger charge is 2.17. The van der Waals surface area contributed by atoms with Crippen LogP contribution in [0.3, 0.4) is 0 Å². The van der Waals surface area contributed by atoms with E-state index in [2.05, 4.69) is 27.0 Å². The molecule has 1 aromatic heterocycles. The topological polar surface area (TPSA) is 134 Å². The lowest BCUT2D eigenvalue weighted by Gasteiger charge is -2.15. The minimum Gasteiger partial charge on any atom is -0.395 e. The highest BCUT2D eigenvalue weighted by molar-refractivity contribution is 6.05. The number of rotatable bonds is 9. The van der Waals surface area contributed by atoms with Gasteiger partial charge in [0.15, 0.2) is 0 Å². The smallest absolute Gasteiger partial charge is 0.274 e. The number of aromatic nitrogens is 1. The summed E-state index contributed by atoms with van der Waals surface area (Å²) < 4.78 is 0. The zero-order valence-electron chi connectivity index (χ0n) is 17.6. The summed E-state index contributed by atoms with van der Waals surface area (Å²) in [6.45, 7) is 1.07. The Morgan fingerprint density at radius 2 is 1.91 bits per heavy atom. The van der Waals surface area contributed by atoms with Crippen molar-refractivity contribution in [1.82, 2.24) is 10.3 Å². The molecule has 0 fully saturated rings. The van der Waals surface area contributed by atoms with Gasteiger partial charge < -0.3 is 26.5 Å². The largest absolute Gasteiger partial charge is 0.395 e. The Bertz CT molecular complexity index is 1150. The Hall–Kier alpha value is -4.06. The molecule has 0 aliphatic heterocycles. The molecule has 162 valence electrons. The molecule has 0 aliphatic carbocycles. The molecule has 0 atom stereocenters. The zero-order chi connectivity index (χ0) is 22.9. The average molecular weight is 428 g/mol. The summed E-state index contributed by atoms with van der Waals surface area (Å²) in [4.78, 5) is 17.0. The first-order valence-electron chi connectivity index (χ1n) is 10.1. The molecule has 8 heteroatoms. The number of nitriles is 1. The van der Waals surface area contributed by atoms with Crippen molar-refractivity contribution in [1.29, 1.82) is 10.7 Å². The van der Waals surface area contributed by atoms with Gasteiger partial charge in [-0.1, -0.05) is 30.3 Å². The van der Waals surface area contributed by atoms with E-state index in [1.165, 1.54) is 6.21 Å². The minimum atomic E-state index is -0.426. The molecule has 0 unspecified atom stereocenters. The van der Waals surface area contributed by atoms with Crippen LogP contribution < -0.4 is 16.0 Å². The highest BCUT2D eigenvalue weighted by Crippen LogP contribution is 2.33. The summed E-state index contributed by atoms with van der Waals surface area (Å²) in [5.74, 6) is -0.426. The average Bonchev–Trinajstić information content (AvgIpc) is 2.83. The first-order valence-corrected chi connectivity index (χ1v) is 10.1. The monoisotopic (exact) mass is 428 g/mol. The number of carbonyl (C=O) groups excluding carboxylic acids is 1. The van der Waals surface area contributed by atoms with Crippen LogP contribution in [0, 0.1) is 16.7 Å². The molecule has 5 N–H and O–H groups in total. The second kappa shape index (κ2) is 10.8. The predicted molar refractivity (Wildman–Crippen MR) is 125 cm³/mol. The highest BCUT2D eigenvalue weighted by atomic mass is 16.3. The molecule has 0 saturated heterocycles. The van der Waals surface area contributed by atoms with Gasteiger partial charge in [-0.3, -0.25) is 9.78 Å². The van der Waals surface area contributed by atoms with Gasteiger partial charge in [0.1, 0.15) is 11.8 Å². The Balaban J connectivity index is 1.88. The summed E-state index contributed by atoms with van der Waals surface area (Å²) in [5.41, 5.74) is 4.56. The molecule has 0 radical (unpaired) electrons. The van der Waals surface area contributed by atoms with Crippen LogP contribution >= 0.6 is 0 Å². The van der Waals surface area contributed by atoms with Gasteiger partial charge in [-0.15, -0.1) is 0 Å². The summed E-state index contributed by atoms with van der Waals surface area (Å²) in [6, 6.07) is 16.4. The fraction of sp³-hybridized carbons (Fsp3) is 0.167. The molecule has 8 nitrogen and oxygen atoms in total. The molecule has 0 spiro atoms. The van der Waals surface area contributed by atoms with E-state index in [4.69, 9.17) is 10.5 Å². The normalized spacial score (nSPS) is 10.3. The summed E-state index contributed by atoms with van der Waals surface area (Å²) >= 11 is 0. The van der Waals surface area contributed by atoms with Crippen molar-refractivity contribution >= 4 is 23.5 Å². The third-order valence-corrected chi connectivity index (χ3v) is 4.91. The van der Waals surface area contributed by atoms with Crippen molar-refractivity contribution in [2.24, 2.45) is 0 Å². The molecular weight excluding hydrogens is 404 g/mol. The SMILES string of the molecule is CNc1cccc(-c2cccc(NC(=O)c3ccc(CNCCO)cn3)c2C#N)c1C=N. The van der Waals surface area contributed by atoms with Gasteiger partial charge in [0.2, 0.25) is 0 Å². The fourth-order valence-corrected chi connectivity index (χ4v) is 3.34. The minimum absolute atomic E-state index is 0.0504. The Morgan fingerprint density at radius 3 is 2.53 bits per heavy atom. The van der Waals surface area contributed by atoms with Crippen LogP contribution in [0.1, 0.15) is 27.2 Å². The van der Waals surface area contributed by atoms with E-state index in [0.29, 0.717) is 35.5 Å². The van der Waals surface area contributed by atoms with E-state index in [1.54, 1.807) is 43.6 Å². The molecule has 1 heterocycles. The molecule has 32 heavy (non-hydrogen) atoms. The number of nitrogens with one attached hydrogen (secondary N) is 4. The van der Waals surface area contributed by atoms with Gasteiger partial charge in [0.05, 0.1) is 17.9 Å². The number of aliphatic hydroxyl groups excluding tert-OH is 1. The molecule has 0 bridgehead atoms. The number of carbonyl (C=O) groups is 1. The second-order valence-electron chi connectivity index (χ2n) is 6.91. The quantitative estimate of drug-likeness (QED) is 0.263. The Kier molecular flexibility index (Phi) is 7.65. The van der Waals surface area contributed by atoms with Crippen LogP contribution in [0.2, 0.25) is 0 Å². The van der Waals surface area contributed by atoms with Crippen LogP contribution in [0.5, 0.6) is 0 Å². The summed E-state index contributed by atoms with van der Waals surface area (Å²) in [7, 11) is 1.77. The number of anilines is 2. The van der Waals surface area contributed by atoms with Crippen molar-refractivity contribution in [3.63, 3.8) is 0 Å². The van der Waals surface area contributed by atoms with E-state index in [1.807, 2.05) is 18.2 Å². The van der Waals surface area contributed by atoms with E-state index >= 15 is 0 Å². The summed E-state index contributed by atoms with van der Waals surface area (Å²) in [5, 5.41) is 35.4. The Labute approximate surface area is 186 Å². The lowest BCUT2D eigenvalue weighted by Crippen LogP contribution is -2.18. The van der Waals surface area contributed by atoms with Crippen LogP contribution in [-0.2, 0) is 6.54 Å². The maximum atomic E-state index is 12.7. The zero-order valence-corrected chi connectivity index (χ0v) is 17.6. The van der Waals surface area contributed by atoms with Crippen LogP contribution in [0.25, 0.3) is 11.1 Å². The maximum absolute atomic E-state index is 12.7. The number of hydrogen-bond acceptors (Lipinski definition) is 7. The molecule has 0 saturated carbocycles. The van der Waals surface area contributed by atoms with Crippen LogP contribution in [0.15, 0.2) is 54.7 Å². The van der Waals surface area contributed by atoms with Crippen LogP contribution in [-0.4, -0.2) is 42.4 Å². The van der Waals surface area contributed by atoms with Gasteiger partial charge in [0, 0.05) is 49.4 Å². The third kappa shape index (κ3) is 4.98. The van der Waals surface area contributed by atoms with Crippen molar-refractivity contribution in [3.05, 3.63) is 77.1 Å². The molecule has 2 aromatic carbocycles. The standard InChI is InChI=1S/C24H24N6O2/c1-27-21-6-2-4-17(19(21)12-25)18-5-3-7-22(20(18)13-26)30-24(32)23-9-8-16(15-29-23)14-28-10-11-31/h2-9,12,15,25,27-28,31H,10-11,14H2,1H3,(H,30,32). The van der Waals surface area contributed by atoms with Gasteiger partial charge >= 0.3 is 0 Å². The van der Waals surface area contributed by atoms with E-state index in [9.17, 15) is 10.1 Å². The number of aliphatic hydroxyl groups is 1. The number of nitrogens with zero attached hydrogens (tertiary/aromatic N) is 2. The first kappa shape index (κ1) is 22.6. The molecule has 3 rings (SSSR count). The second-order valence-corrected chi connectivity index (χ2v) is 6.91. The lowest BCUT2D eigenvalue weighted by atomic mass is 9.94. The van der Waals surface area contributed by atoms with E-state index < -0.39 is 5.91 Å². The molecule has 0 aliphatic rings. The van der Waals surface area contributed by atoms with Crippen molar-refractivity contribution < 1.29 is 9.90 Å². The van der Waals surface area contributed by atoms with E-state index in [0.717, 1.165) is 16.8 Å². The number of benzene rings is 2. The summed E-state index contributed by atoms with van der Waals surface area (Å²) in [6.07, 6.45) is 2.84. The number of pyridine rings is 1. The van der Waals surface area contributed by atoms with Crippen molar-refractivity contribution in [2.75, 3.05) is 30.8 Å². The van der Waals surface area contributed by atoms with Crippen LogP contribution in [0.4, 0.5) is 11.4 Å². The number of hydrogen-bond donors (Lipinski definition) is 5. The maximum Gasteiger partial charge on any atom is 0.274 e. The van der Waals surface area contributed by atoms with Gasteiger partial charge in [-0.2, -0.15) is 5.26 Å². The Morgan fingerprint density at radius 1 is 1.16 bits per heavy atom. The molecular formula is C24H24N6O2. The predicted octanol–water partition coefficient (Wildman–Crippen LogP) is 2.99. The van der Waals surface area contributed by atoms with Crippen molar-refractivity contribution in [2.45, 2.75) is 6.54 Å². The van der Waals surface area contributed by atoms with E-state index in [-0.39, 0.29) is 12.3 Å². The van der Waals surface area contributed by atoms with Gasteiger partial charge in [-0.05, 0) is 29.3 Å². The van der Waals surface area contributed by atoms with Gasteiger partial charge in [-0.25, -0.2) is 0 Å². The molecule has 1 amide bonds. The first-order chi connectivity index (χ1) is 15.6. The third-order valence-electron chi connectivity index (χ3n) is 4.91.